The monoisotopic (exact) mass is 316 g/mol. The van der Waals surface area contributed by atoms with Gasteiger partial charge in [-0.25, -0.2) is 0 Å². The molecule has 0 spiro atoms. The van der Waals surface area contributed by atoms with Gasteiger partial charge in [0.15, 0.2) is 0 Å². The number of allylic oxidation sites excluding steroid dienone is 2. The van der Waals surface area contributed by atoms with Gasteiger partial charge in [0.05, 0.1) is 0 Å². The van der Waals surface area contributed by atoms with Crippen LogP contribution < -0.4 is 0 Å². The maximum absolute atomic E-state index is 9.41. The van der Waals surface area contributed by atoms with Gasteiger partial charge in [-0.15, -0.1) is 0 Å². The molecule has 0 saturated carbocycles. The van der Waals surface area contributed by atoms with E-state index >= 15 is 0 Å². The van der Waals surface area contributed by atoms with E-state index in [4.69, 9.17) is 0 Å². The first-order valence-electron chi connectivity index (χ1n) is 6.96. The van der Waals surface area contributed by atoms with E-state index in [-0.39, 0.29) is 70.6 Å². The van der Waals surface area contributed by atoms with Crippen molar-refractivity contribution in [3.8, 4) is 11.5 Å². The second-order valence-corrected chi connectivity index (χ2v) is 4.76. The first kappa shape index (κ1) is 21.8. The predicted octanol–water partition coefficient (Wildman–Crippen LogP) is 3.53. The van der Waals surface area contributed by atoms with Gasteiger partial charge in [0.2, 0.25) is 0 Å². The number of phenolic OH excluding ortho intramolecular Hbond substituents is 2. The summed E-state index contributed by atoms with van der Waals surface area (Å²) in [5, 5.41) is 18.8. The van der Waals surface area contributed by atoms with E-state index in [1.807, 2.05) is 24.3 Å². The molecule has 4 heteroatoms. The van der Waals surface area contributed by atoms with Crippen LogP contribution in [0.5, 0.6) is 11.5 Å². The molecule has 2 aromatic carbocycles. The van der Waals surface area contributed by atoms with E-state index in [0.29, 0.717) is 0 Å². The molecule has 0 saturated heterocycles. The maximum atomic E-state index is 9.41. The Hall–Kier alpha value is -0.220. The summed E-state index contributed by atoms with van der Waals surface area (Å²) in [5.41, 5.74) is 4.82. The fourth-order valence-corrected chi connectivity index (χ4v) is 2.51. The number of hydrogen-bond acceptors (Lipinski definition) is 2. The van der Waals surface area contributed by atoms with Gasteiger partial charge >= 0.3 is 59.1 Å². The van der Waals surface area contributed by atoms with Crippen LogP contribution in [-0.2, 0) is 0 Å². The number of phenols is 2. The molecule has 0 aliphatic rings. The second kappa shape index (κ2) is 10.5. The second-order valence-electron chi connectivity index (χ2n) is 4.76. The molecular formula is C18H22Na2O2. The van der Waals surface area contributed by atoms with Crippen LogP contribution in [0.4, 0.5) is 0 Å². The number of aromatic hydroxyl groups is 2. The summed E-state index contributed by atoms with van der Waals surface area (Å²) in [5.74, 6) is 0.568. The van der Waals surface area contributed by atoms with Crippen molar-refractivity contribution in [1.29, 1.82) is 0 Å². The molecule has 2 nitrogen and oxygen atoms in total. The molecule has 2 aromatic rings. The van der Waals surface area contributed by atoms with Crippen LogP contribution in [0, 0.1) is 0 Å². The molecule has 0 aromatic heterocycles. The first-order chi connectivity index (χ1) is 9.65. The van der Waals surface area contributed by atoms with Gasteiger partial charge < -0.3 is 10.2 Å². The average molecular weight is 316 g/mol. The summed E-state index contributed by atoms with van der Waals surface area (Å²) < 4.78 is 0. The van der Waals surface area contributed by atoms with Crippen LogP contribution in [-0.4, -0.2) is 69.3 Å². The van der Waals surface area contributed by atoms with E-state index in [2.05, 4.69) is 13.8 Å². The van der Waals surface area contributed by atoms with Crippen LogP contribution in [0.15, 0.2) is 48.5 Å². The predicted molar refractivity (Wildman–Crippen MR) is 97.9 cm³/mol. The van der Waals surface area contributed by atoms with Crippen molar-refractivity contribution in [1.82, 2.24) is 0 Å². The molecule has 108 valence electrons. The normalized spacial score (nSPS) is 11.0. The van der Waals surface area contributed by atoms with Crippen molar-refractivity contribution in [3.63, 3.8) is 0 Å². The summed E-state index contributed by atoms with van der Waals surface area (Å²) in [6.45, 7) is 4.27. The van der Waals surface area contributed by atoms with E-state index in [9.17, 15) is 10.2 Å². The Bertz CT molecular complexity index is 546. The molecular weight excluding hydrogens is 294 g/mol. The third-order valence-electron chi connectivity index (χ3n) is 3.50. The van der Waals surface area contributed by atoms with Gasteiger partial charge in [-0.05, 0) is 59.4 Å². The third kappa shape index (κ3) is 5.45. The molecule has 22 heavy (non-hydrogen) atoms. The molecule has 0 aliphatic heterocycles. The third-order valence-corrected chi connectivity index (χ3v) is 3.50. The topological polar surface area (TPSA) is 40.5 Å². The Morgan fingerprint density at radius 1 is 0.636 bits per heavy atom. The first-order valence-corrected chi connectivity index (χ1v) is 6.96. The standard InChI is InChI=1S/C18H20O2.2Na.2H/c1-3-17(13-5-9-15(19)10-6-13)18(4-2)14-7-11-16(20)12-8-14;;;;/h5-12,19-20H,3-4H2,1-2H3;;;;/b18-17+;;;;. The Kier molecular flexibility index (Phi) is 10.4. The Labute approximate surface area is 176 Å². The molecule has 0 amide bonds. The van der Waals surface area contributed by atoms with Gasteiger partial charge in [-0.2, -0.15) is 0 Å². The Morgan fingerprint density at radius 3 is 1.14 bits per heavy atom. The molecule has 0 atom stereocenters. The zero-order valence-corrected chi connectivity index (χ0v) is 11.9. The summed E-state index contributed by atoms with van der Waals surface area (Å²) in [7, 11) is 0. The fourth-order valence-electron chi connectivity index (χ4n) is 2.51. The number of rotatable bonds is 4. The van der Waals surface area contributed by atoms with Crippen LogP contribution in [0.2, 0.25) is 0 Å². The zero-order valence-electron chi connectivity index (χ0n) is 11.9. The molecule has 2 N–H and O–H groups in total. The molecule has 2 rings (SSSR count). The molecule has 0 fully saturated rings. The van der Waals surface area contributed by atoms with Gasteiger partial charge in [-0.3, -0.25) is 0 Å². The number of hydrogen-bond donors (Lipinski definition) is 2. The van der Waals surface area contributed by atoms with E-state index < -0.39 is 0 Å². The quantitative estimate of drug-likeness (QED) is 0.669. The molecule has 0 bridgehead atoms. The van der Waals surface area contributed by atoms with E-state index in [1.54, 1.807) is 24.3 Å². The minimum atomic E-state index is 0. The average Bonchev–Trinajstić information content (AvgIpc) is 2.47. The Balaban J connectivity index is 0.00000220. The molecule has 0 radical (unpaired) electrons. The minimum absolute atomic E-state index is 0. The molecule has 0 unspecified atom stereocenters. The van der Waals surface area contributed by atoms with E-state index in [1.165, 1.54) is 11.1 Å². The SMILES string of the molecule is CC/C(=C(/CC)c1ccc(O)cc1)c1ccc(O)cc1.[NaH].[NaH]. The van der Waals surface area contributed by atoms with Crippen LogP contribution in [0.1, 0.15) is 37.8 Å². The van der Waals surface area contributed by atoms with Gasteiger partial charge in [0.1, 0.15) is 11.5 Å². The summed E-state index contributed by atoms with van der Waals surface area (Å²) >= 11 is 0. The zero-order chi connectivity index (χ0) is 14.5. The van der Waals surface area contributed by atoms with Gasteiger partial charge in [0, 0.05) is 0 Å². The number of benzene rings is 2. The van der Waals surface area contributed by atoms with Crippen molar-refractivity contribution in [2.45, 2.75) is 26.7 Å². The van der Waals surface area contributed by atoms with Crippen LogP contribution in [0.3, 0.4) is 0 Å². The fraction of sp³-hybridized carbons (Fsp3) is 0.222. The summed E-state index contributed by atoms with van der Waals surface area (Å²) in [4.78, 5) is 0. The van der Waals surface area contributed by atoms with E-state index in [0.717, 1.165) is 24.0 Å². The molecule has 0 heterocycles. The Morgan fingerprint density at radius 2 is 0.909 bits per heavy atom. The van der Waals surface area contributed by atoms with Gasteiger partial charge in [-0.1, -0.05) is 38.1 Å². The molecule has 0 aliphatic carbocycles. The summed E-state index contributed by atoms with van der Waals surface area (Å²) in [6, 6.07) is 14.7. The van der Waals surface area contributed by atoms with Crippen LogP contribution in [0.25, 0.3) is 11.1 Å². The van der Waals surface area contributed by atoms with Crippen molar-refractivity contribution in [3.05, 3.63) is 59.7 Å². The van der Waals surface area contributed by atoms with Crippen molar-refractivity contribution >= 4 is 70.3 Å². The van der Waals surface area contributed by atoms with Crippen molar-refractivity contribution in [2.75, 3.05) is 0 Å². The summed E-state index contributed by atoms with van der Waals surface area (Å²) in [6.07, 6.45) is 1.85. The van der Waals surface area contributed by atoms with Crippen LogP contribution >= 0.6 is 0 Å². The van der Waals surface area contributed by atoms with Crippen molar-refractivity contribution < 1.29 is 10.2 Å². The van der Waals surface area contributed by atoms with Crippen molar-refractivity contribution in [2.24, 2.45) is 0 Å². The van der Waals surface area contributed by atoms with Gasteiger partial charge in [0.25, 0.3) is 0 Å².